The van der Waals surface area contributed by atoms with Gasteiger partial charge in [-0.05, 0) is 91.1 Å². The van der Waals surface area contributed by atoms with Gasteiger partial charge in [0.15, 0.2) is 5.78 Å². The minimum absolute atomic E-state index is 0.144. The Kier molecular flexibility index (Phi) is 4.81. The Balaban J connectivity index is 1.39. The molecule has 4 nitrogen and oxygen atoms in total. The average molecular weight is 413 g/mol. The van der Waals surface area contributed by atoms with Crippen LogP contribution in [-0.4, -0.2) is 30.6 Å². The lowest BCUT2D eigenvalue weighted by atomic mass is 9.46. The predicted molar refractivity (Wildman–Crippen MR) is 115 cm³/mol. The number of hydrogen-bond acceptors (Lipinski definition) is 4. The molecule has 0 radical (unpaired) electrons. The molecule has 1 heterocycles. The standard InChI is InChI=1S/C26H36O4/c1-5-29-21(28)9-6-15(2)17-7-8-18-22-19(11-13-25(17,18)3)26(4)12-10-16(27)14-20(26)23-24(22)30-23/h6,9,14-15,17-19,22-24H,5,7-8,10-13H2,1-4H3/b9-6+/t15-,17-,18?,19?,22?,23?,24-,25-,26-/m1/s1. The number of esters is 1. The van der Waals surface area contributed by atoms with Crippen LogP contribution >= 0.6 is 0 Å². The first-order valence-electron chi connectivity index (χ1n) is 12.0. The zero-order chi connectivity index (χ0) is 21.3. The van der Waals surface area contributed by atoms with Crippen molar-refractivity contribution >= 4 is 11.8 Å². The summed E-state index contributed by atoms with van der Waals surface area (Å²) in [6, 6.07) is 0. The maximum atomic E-state index is 12.1. The first-order chi connectivity index (χ1) is 14.3. The van der Waals surface area contributed by atoms with Crippen molar-refractivity contribution in [2.45, 2.75) is 78.4 Å². The molecule has 4 unspecified atom stereocenters. The summed E-state index contributed by atoms with van der Waals surface area (Å²) in [7, 11) is 0. The highest BCUT2D eigenvalue weighted by molar-refractivity contribution is 5.92. The summed E-state index contributed by atoms with van der Waals surface area (Å²) in [6.07, 6.45) is 12.8. The summed E-state index contributed by atoms with van der Waals surface area (Å²) in [5, 5.41) is 0. The van der Waals surface area contributed by atoms with E-state index in [4.69, 9.17) is 9.47 Å². The minimum Gasteiger partial charge on any atom is -0.463 e. The number of hydrogen-bond donors (Lipinski definition) is 0. The van der Waals surface area contributed by atoms with Gasteiger partial charge in [0.25, 0.3) is 0 Å². The molecule has 0 aromatic heterocycles. The maximum absolute atomic E-state index is 12.1. The highest BCUT2D eigenvalue weighted by atomic mass is 16.6. The largest absolute Gasteiger partial charge is 0.463 e. The number of ketones is 1. The molecule has 1 saturated heterocycles. The lowest BCUT2D eigenvalue weighted by molar-refractivity contribution is -0.137. The van der Waals surface area contributed by atoms with E-state index in [0.717, 1.165) is 6.42 Å². The van der Waals surface area contributed by atoms with E-state index in [2.05, 4.69) is 26.8 Å². The number of epoxide rings is 1. The number of carbonyl (C=O) groups excluding carboxylic acids is 2. The van der Waals surface area contributed by atoms with Crippen LogP contribution in [0.15, 0.2) is 23.8 Å². The van der Waals surface area contributed by atoms with E-state index in [0.29, 0.717) is 59.9 Å². The third-order valence-corrected chi connectivity index (χ3v) is 9.76. The fourth-order valence-corrected chi connectivity index (χ4v) is 8.27. The van der Waals surface area contributed by atoms with Crippen LogP contribution in [0, 0.1) is 40.4 Å². The van der Waals surface area contributed by atoms with Gasteiger partial charge in [0.1, 0.15) is 6.10 Å². The molecular weight excluding hydrogens is 376 g/mol. The second-order valence-electron chi connectivity index (χ2n) is 11.0. The quantitative estimate of drug-likeness (QED) is 0.375. The molecule has 0 aromatic carbocycles. The van der Waals surface area contributed by atoms with Crippen LogP contribution in [-0.2, 0) is 19.1 Å². The third-order valence-electron chi connectivity index (χ3n) is 9.76. The Morgan fingerprint density at radius 1 is 1.27 bits per heavy atom. The SMILES string of the molecule is CCOC(=O)/C=C/[C@@H](C)[C@H]1CCC2C3C(CC[C@@]21C)[C@@]1(C)CCC(=O)C=C1C1O[C@@H]13. The molecule has 0 aromatic rings. The average Bonchev–Trinajstić information content (AvgIpc) is 3.42. The van der Waals surface area contributed by atoms with Crippen LogP contribution in [0.1, 0.15) is 66.2 Å². The molecular formula is C26H36O4. The molecule has 0 N–H and O–H groups in total. The van der Waals surface area contributed by atoms with Crippen LogP contribution in [0.3, 0.4) is 0 Å². The van der Waals surface area contributed by atoms with Gasteiger partial charge < -0.3 is 9.47 Å². The van der Waals surface area contributed by atoms with Crippen molar-refractivity contribution in [3.63, 3.8) is 0 Å². The summed E-state index contributed by atoms with van der Waals surface area (Å²) < 4.78 is 11.4. The topological polar surface area (TPSA) is 55.9 Å². The monoisotopic (exact) mass is 412 g/mol. The molecule has 0 spiro atoms. The van der Waals surface area contributed by atoms with E-state index < -0.39 is 0 Å². The zero-order valence-electron chi connectivity index (χ0n) is 18.9. The number of allylic oxidation sites excluding steroid dienone is 1. The molecule has 0 bridgehead atoms. The first-order valence-corrected chi connectivity index (χ1v) is 12.0. The number of ether oxygens (including phenoxy) is 2. The molecule has 4 heteroatoms. The number of rotatable bonds is 4. The fraction of sp³-hybridized carbons (Fsp3) is 0.769. The van der Waals surface area contributed by atoms with Gasteiger partial charge in [-0.2, -0.15) is 0 Å². The Morgan fingerprint density at radius 2 is 2.07 bits per heavy atom. The summed E-state index contributed by atoms with van der Waals surface area (Å²) in [6.45, 7) is 9.47. The summed E-state index contributed by atoms with van der Waals surface area (Å²) in [4.78, 5) is 23.9. The molecule has 0 amide bonds. The van der Waals surface area contributed by atoms with Gasteiger partial charge in [0, 0.05) is 12.5 Å². The van der Waals surface area contributed by atoms with Crippen LogP contribution < -0.4 is 0 Å². The van der Waals surface area contributed by atoms with Crippen molar-refractivity contribution in [2.24, 2.45) is 40.4 Å². The van der Waals surface area contributed by atoms with Crippen LogP contribution in [0.4, 0.5) is 0 Å². The van der Waals surface area contributed by atoms with Gasteiger partial charge in [-0.3, -0.25) is 4.79 Å². The summed E-state index contributed by atoms with van der Waals surface area (Å²) in [5.41, 5.74) is 1.76. The lowest BCUT2D eigenvalue weighted by Gasteiger charge is -2.57. The molecule has 5 rings (SSSR count). The van der Waals surface area contributed by atoms with E-state index in [1.807, 2.05) is 13.0 Å². The van der Waals surface area contributed by atoms with Crippen molar-refractivity contribution in [1.82, 2.24) is 0 Å². The van der Waals surface area contributed by atoms with Crippen LogP contribution in [0.2, 0.25) is 0 Å². The first kappa shape index (κ1) is 20.5. The Morgan fingerprint density at radius 3 is 2.83 bits per heavy atom. The smallest absolute Gasteiger partial charge is 0.330 e. The summed E-state index contributed by atoms with van der Waals surface area (Å²) >= 11 is 0. The van der Waals surface area contributed by atoms with Crippen molar-refractivity contribution < 1.29 is 19.1 Å². The lowest BCUT2D eigenvalue weighted by Crippen LogP contribution is -2.53. The fourth-order valence-electron chi connectivity index (χ4n) is 8.27. The molecule has 4 fully saturated rings. The molecule has 3 saturated carbocycles. The van der Waals surface area contributed by atoms with Crippen molar-refractivity contribution in [1.29, 1.82) is 0 Å². The van der Waals surface area contributed by atoms with E-state index in [1.165, 1.54) is 31.3 Å². The second-order valence-corrected chi connectivity index (χ2v) is 11.0. The van der Waals surface area contributed by atoms with Crippen molar-refractivity contribution in [3.8, 4) is 0 Å². The molecule has 164 valence electrons. The molecule has 30 heavy (non-hydrogen) atoms. The third kappa shape index (κ3) is 2.89. The zero-order valence-corrected chi connectivity index (χ0v) is 18.9. The molecule has 4 aliphatic carbocycles. The highest BCUT2D eigenvalue weighted by Gasteiger charge is 2.69. The van der Waals surface area contributed by atoms with Crippen molar-refractivity contribution in [2.75, 3.05) is 6.61 Å². The van der Waals surface area contributed by atoms with Gasteiger partial charge >= 0.3 is 5.97 Å². The van der Waals surface area contributed by atoms with Gasteiger partial charge in [-0.1, -0.05) is 26.8 Å². The van der Waals surface area contributed by atoms with Gasteiger partial charge in [-0.15, -0.1) is 0 Å². The van der Waals surface area contributed by atoms with E-state index in [-0.39, 0.29) is 17.5 Å². The Hall–Kier alpha value is -1.42. The Labute approximate surface area is 180 Å². The van der Waals surface area contributed by atoms with E-state index in [1.54, 1.807) is 6.08 Å². The van der Waals surface area contributed by atoms with Crippen LogP contribution in [0.5, 0.6) is 0 Å². The Bertz CT molecular complexity index is 812. The molecule has 9 atom stereocenters. The van der Waals surface area contributed by atoms with E-state index >= 15 is 0 Å². The minimum atomic E-state index is -0.228. The normalized spacial score (nSPS) is 47.6. The number of fused-ring (bicyclic) bond motifs is 8. The maximum Gasteiger partial charge on any atom is 0.330 e. The van der Waals surface area contributed by atoms with Gasteiger partial charge in [0.05, 0.1) is 12.7 Å². The van der Waals surface area contributed by atoms with Crippen molar-refractivity contribution in [3.05, 3.63) is 23.8 Å². The van der Waals surface area contributed by atoms with E-state index in [9.17, 15) is 9.59 Å². The van der Waals surface area contributed by atoms with Gasteiger partial charge in [-0.25, -0.2) is 4.79 Å². The second kappa shape index (κ2) is 7.05. The van der Waals surface area contributed by atoms with Gasteiger partial charge in [0.2, 0.25) is 0 Å². The molecule has 1 aliphatic heterocycles. The van der Waals surface area contributed by atoms with Crippen LogP contribution in [0.25, 0.3) is 0 Å². The molecule has 5 aliphatic rings. The predicted octanol–water partition coefficient (Wildman–Crippen LogP) is 4.88. The summed E-state index contributed by atoms with van der Waals surface area (Å²) in [5.74, 6) is 2.99. The number of carbonyl (C=O) groups is 2. The highest BCUT2D eigenvalue weighted by Crippen LogP contribution is 2.70.